The molecule has 2 unspecified atom stereocenters. The minimum atomic E-state index is -0.0996. The van der Waals surface area contributed by atoms with E-state index in [4.69, 9.17) is 4.74 Å². The lowest BCUT2D eigenvalue weighted by molar-refractivity contribution is 0.0396. The van der Waals surface area contributed by atoms with Crippen LogP contribution in [0.4, 0.5) is 4.39 Å². The third kappa shape index (κ3) is 2.73. The molecule has 1 aliphatic rings. The molecule has 1 heterocycles. The molecule has 18 heavy (non-hydrogen) atoms. The van der Waals surface area contributed by atoms with Crippen LogP contribution in [0.2, 0.25) is 0 Å². The van der Waals surface area contributed by atoms with Gasteiger partial charge in [0.1, 0.15) is 5.82 Å². The lowest BCUT2D eigenvalue weighted by Crippen LogP contribution is -2.32. The number of benzene rings is 1. The van der Waals surface area contributed by atoms with Crippen LogP contribution in [0.5, 0.6) is 0 Å². The van der Waals surface area contributed by atoms with Crippen LogP contribution < -0.4 is 5.32 Å². The highest BCUT2D eigenvalue weighted by Gasteiger charge is 2.27. The van der Waals surface area contributed by atoms with Crippen LogP contribution in [0.3, 0.4) is 0 Å². The zero-order valence-electron chi connectivity index (χ0n) is 11.4. The van der Waals surface area contributed by atoms with Gasteiger partial charge in [0.2, 0.25) is 0 Å². The summed E-state index contributed by atoms with van der Waals surface area (Å²) in [4.78, 5) is 0. The number of aryl methyl sites for hydroxylation is 2. The molecule has 1 saturated heterocycles. The maximum Gasteiger partial charge on any atom is 0.128 e. The van der Waals surface area contributed by atoms with Gasteiger partial charge in [0.25, 0.3) is 0 Å². The third-order valence-electron chi connectivity index (χ3n) is 3.77. The van der Waals surface area contributed by atoms with E-state index < -0.39 is 0 Å². The van der Waals surface area contributed by atoms with Crippen LogP contribution in [-0.4, -0.2) is 20.3 Å². The van der Waals surface area contributed by atoms with Gasteiger partial charge < -0.3 is 10.1 Å². The summed E-state index contributed by atoms with van der Waals surface area (Å²) in [5, 5.41) is 3.27. The van der Waals surface area contributed by atoms with Crippen LogP contribution in [-0.2, 0) is 4.74 Å². The summed E-state index contributed by atoms with van der Waals surface area (Å²) < 4.78 is 19.7. The number of hydrogen-bond acceptors (Lipinski definition) is 2. The molecular weight excluding hydrogens is 229 g/mol. The van der Waals surface area contributed by atoms with E-state index in [1.807, 2.05) is 27.0 Å². The quantitative estimate of drug-likeness (QED) is 0.891. The summed E-state index contributed by atoms with van der Waals surface area (Å²) in [5.41, 5.74) is 2.81. The molecule has 2 atom stereocenters. The minimum Gasteiger partial charge on any atom is -0.381 e. The van der Waals surface area contributed by atoms with E-state index in [0.29, 0.717) is 5.92 Å². The van der Waals surface area contributed by atoms with Gasteiger partial charge in [0.05, 0.1) is 6.61 Å². The fraction of sp³-hybridized carbons (Fsp3) is 0.600. The summed E-state index contributed by atoms with van der Waals surface area (Å²) in [6, 6.07) is 3.72. The maximum absolute atomic E-state index is 14.2. The number of hydrogen-bond donors (Lipinski definition) is 1. The first-order valence-corrected chi connectivity index (χ1v) is 6.65. The smallest absolute Gasteiger partial charge is 0.128 e. The Balaban J connectivity index is 2.32. The summed E-state index contributed by atoms with van der Waals surface area (Å²) >= 11 is 0. The molecule has 1 fully saturated rings. The molecule has 1 N–H and O–H groups in total. The monoisotopic (exact) mass is 251 g/mol. The zero-order chi connectivity index (χ0) is 13.1. The highest BCUT2D eigenvalue weighted by atomic mass is 19.1. The summed E-state index contributed by atoms with van der Waals surface area (Å²) in [6.07, 6.45) is 2.16. The van der Waals surface area contributed by atoms with E-state index in [-0.39, 0.29) is 11.9 Å². The average molecular weight is 251 g/mol. The van der Waals surface area contributed by atoms with Gasteiger partial charge >= 0.3 is 0 Å². The van der Waals surface area contributed by atoms with Crippen molar-refractivity contribution in [1.29, 1.82) is 0 Å². The minimum absolute atomic E-state index is 0.0471. The molecule has 0 radical (unpaired) electrons. The molecule has 0 amide bonds. The number of nitrogens with one attached hydrogen (secondary N) is 1. The first-order valence-electron chi connectivity index (χ1n) is 6.65. The van der Waals surface area contributed by atoms with E-state index >= 15 is 0 Å². The second-order valence-electron chi connectivity index (χ2n) is 5.22. The molecule has 0 saturated carbocycles. The molecule has 2 rings (SSSR count). The van der Waals surface area contributed by atoms with Crippen molar-refractivity contribution in [3.8, 4) is 0 Å². The molecular formula is C15H22FNO. The van der Waals surface area contributed by atoms with Gasteiger partial charge in [-0.25, -0.2) is 4.39 Å². The van der Waals surface area contributed by atoms with Gasteiger partial charge in [-0.15, -0.1) is 0 Å². The summed E-state index contributed by atoms with van der Waals surface area (Å²) in [7, 11) is 1.90. The second-order valence-corrected chi connectivity index (χ2v) is 5.22. The van der Waals surface area contributed by atoms with Gasteiger partial charge in [-0.2, -0.15) is 0 Å². The first kappa shape index (κ1) is 13.5. The Labute approximate surface area is 109 Å². The van der Waals surface area contributed by atoms with Crippen molar-refractivity contribution >= 4 is 0 Å². The Morgan fingerprint density at radius 2 is 2.17 bits per heavy atom. The van der Waals surface area contributed by atoms with Crippen molar-refractivity contribution in [1.82, 2.24) is 5.32 Å². The highest BCUT2D eigenvalue weighted by Crippen LogP contribution is 2.32. The normalized spacial score (nSPS) is 21.9. The Bertz CT molecular complexity index is 390. The van der Waals surface area contributed by atoms with Gasteiger partial charge in [-0.1, -0.05) is 6.07 Å². The zero-order valence-corrected chi connectivity index (χ0v) is 11.4. The highest BCUT2D eigenvalue weighted by molar-refractivity contribution is 5.34. The molecule has 1 aromatic carbocycles. The molecule has 0 spiro atoms. The van der Waals surface area contributed by atoms with Crippen molar-refractivity contribution in [2.24, 2.45) is 5.92 Å². The van der Waals surface area contributed by atoms with Crippen molar-refractivity contribution in [2.75, 3.05) is 20.3 Å². The number of ether oxygens (including phenoxy) is 1. The van der Waals surface area contributed by atoms with E-state index in [0.717, 1.165) is 42.7 Å². The van der Waals surface area contributed by atoms with Crippen molar-refractivity contribution in [3.05, 3.63) is 34.6 Å². The van der Waals surface area contributed by atoms with Gasteiger partial charge in [0, 0.05) is 24.1 Å². The molecule has 0 aromatic heterocycles. The first-order chi connectivity index (χ1) is 8.63. The number of halogens is 1. The summed E-state index contributed by atoms with van der Waals surface area (Å²) in [6.45, 7) is 5.47. The molecule has 0 aliphatic carbocycles. The second kappa shape index (κ2) is 5.81. The third-order valence-corrected chi connectivity index (χ3v) is 3.77. The van der Waals surface area contributed by atoms with E-state index in [9.17, 15) is 4.39 Å². The fourth-order valence-corrected chi connectivity index (χ4v) is 2.97. The maximum atomic E-state index is 14.2. The van der Waals surface area contributed by atoms with Crippen LogP contribution >= 0.6 is 0 Å². The largest absolute Gasteiger partial charge is 0.381 e. The standard InChI is InChI=1S/C15H22FNO/c1-10-7-11(2)14(13(16)8-10)15(17-3)12-5-4-6-18-9-12/h7-8,12,15,17H,4-6,9H2,1-3H3. The predicted molar refractivity (Wildman–Crippen MR) is 71.2 cm³/mol. The van der Waals surface area contributed by atoms with E-state index in [2.05, 4.69) is 5.32 Å². The molecule has 1 aliphatic heterocycles. The topological polar surface area (TPSA) is 21.3 Å². The van der Waals surface area contributed by atoms with Crippen LogP contribution in [0, 0.1) is 25.6 Å². The van der Waals surface area contributed by atoms with Gasteiger partial charge in [-0.05, 0) is 50.9 Å². The van der Waals surface area contributed by atoms with Crippen molar-refractivity contribution in [2.45, 2.75) is 32.7 Å². The van der Waals surface area contributed by atoms with E-state index in [1.165, 1.54) is 0 Å². The molecule has 3 heteroatoms. The fourth-order valence-electron chi connectivity index (χ4n) is 2.97. The van der Waals surface area contributed by atoms with Crippen molar-refractivity contribution < 1.29 is 9.13 Å². The van der Waals surface area contributed by atoms with Crippen LogP contribution in [0.15, 0.2) is 12.1 Å². The summed E-state index contributed by atoms with van der Waals surface area (Å²) in [5.74, 6) is 0.261. The lowest BCUT2D eigenvalue weighted by atomic mass is 9.86. The Kier molecular flexibility index (Phi) is 4.36. The van der Waals surface area contributed by atoms with Gasteiger partial charge in [-0.3, -0.25) is 0 Å². The SMILES string of the molecule is CNC(c1c(C)cc(C)cc1F)C1CCCOC1. The van der Waals surface area contributed by atoms with Gasteiger partial charge in [0.15, 0.2) is 0 Å². The van der Waals surface area contributed by atoms with Crippen molar-refractivity contribution in [3.63, 3.8) is 0 Å². The Morgan fingerprint density at radius 1 is 1.39 bits per heavy atom. The molecule has 0 bridgehead atoms. The molecule has 100 valence electrons. The average Bonchev–Trinajstić information content (AvgIpc) is 2.34. The number of rotatable bonds is 3. The van der Waals surface area contributed by atoms with Crippen LogP contribution in [0.1, 0.15) is 35.6 Å². The van der Waals surface area contributed by atoms with Crippen LogP contribution in [0.25, 0.3) is 0 Å². The van der Waals surface area contributed by atoms with E-state index in [1.54, 1.807) is 6.07 Å². The lowest BCUT2D eigenvalue weighted by Gasteiger charge is -2.31. The predicted octanol–water partition coefficient (Wildman–Crippen LogP) is 3.13. The molecule has 1 aromatic rings. The Morgan fingerprint density at radius 3 is 2.72 bits per heavy atom. The molecule has 2 nitrogen and oxygen atoms in total. The Hall–Kier alpha value is -0.930.